The van der Waals surface area contributed by atoms with Crippen LogP contribution in [-0.4, -0.2) is 4.98 Å². The van der Waals surface area contributed by atoms with Crippen molar-refractivity contribution in [1.82, 2.24) is 4.98 Å². The lowest BCUT2D eigenvalue weighted by Gasteiger charge is -2.23. The fourth-order valence-corrected chi connectivity index (χ4v) is 1.95. The summed E-state index contributed by atoms with van der Waals surface area (Å²) in [6.07, 6.45) is 1.65. The zero-order valence-electron chi connectivity index (χ0n) is 9.47. The molecule has 0 aliphatic rings. The number of hydrogen-bond acceptors (Lipinski definition) is 2. The summed E-state index contributed by atoms with van der Waals surface area (Å²) in [4.78, 5) is 4.25. The van der Waals surface area contributed by atoms with Crippen molar-refractivity contribution in [2.75, 3.05) is 0 Å². The molecular weight excluding hydrogens is 172 g/mol. The van der Waals surface area contributed by atoms with E-state index in [0.717, 1.165) is 11.3 Å². The summed E-state index contributed by atoms with van der Waals surface area (Å²) >= 11 is 0. The number of nitrogens with zero attached hydrogens (tertiary/aromatic N) is 2. The van der Waals surface area contributed by atoms with Crippen molar-refractivity contribution in [3.05, 3.63) is 28.6 Å². The Morgan fingerprint density at radius 3 is 2.29 bits per heavy atom. The van der Waals surface area contributed by atoms with E-state index < -0.39 is 0 Å². The molecule has 2 nitrogen and oxygen atoms in total. The van der Waals surface area contributed by atoms with Crippen LogP contribution in [0.2, 0.25) is 0 Å². The molecular formula is C12H16N2. The van der Waals surface area contributed by atoms with Crippen molar-refractivity contribution in [2.24, 2.45) is 0 Å². The molecule has 0 aliphatic heterocycles. The average molecular weight is 188 g/mol. The molecule has 1 aromatic heterocycles. The van der Waals surface area contributed by atoms with Crippen LogP contribution in [0.1, 0.15) is 43.2 Å². The molecule has 74 valence electrons. The molecule has 1 rings (SSSR count). The molecule has 1 aromatic rings. The Hall–Kier alpha value is -1.36. The molecule has 14 heavy (non-hydrogen) atoms. The van der Waals surface area contributed by atoms with Crippen molar-refractivity contribution in [3.63, 3.8) is 0 Å². The van der Waals surface area contributed by atoms with Gasteiger partial charge in [0.25, 0.3) is 0 Å². The molecule has 2 heteroatoms. The van der Waals surface area contributed by atoms with Gasteiger partial charge in [0, 0.05) is 11.9 Å². The summed E-state index contributed by atoms with van der Waals surface area (Å²) in [6, 6.07) is 2.17. The maximum atomic E-state index is 8.91. The summed E-state index contributed by atoms with van der Waals surface area (Å²) < 4.78 is 0. The first-order valence-corrected chi connectivity index (χ1v) is 4.74. The number of aryl methyl sites for hydroxylation is 1. The molecule has 0 N–H and O–H groups in total. The van der Waals surface area contributed by atoms with Crippen LogP contribution >= 0.6 is 0 Å². The highest BCUT2D eigenvalue weighted by molar-refractivity contribution is 5.44. The fourth-order valence-electron chi connectivity index (χ4n) is 1.95. The number of nitriles is 1. The highest BCUT2D eigenvalue weighted by Gasteiger charge is 2.21. The average Bonchev–Trinajstić information content (AvgIpc) is 2.02. The number of pyridine rings is 1. The van der Waals surface area contributed by atoms with Gasteiger partial charge in [-0.1, -0.05) is 20.8 Å². The van der Waals surface area contributed by atoms with E-state index in [1.54, 1.807) is 6.20 Å². The maximum Gasteiger partial charge on any atom is 0.101 e. The van der Waals surface area contributed by atoms with Gasteiger partial charge < -0.3 is 0 Å². The molecule has 0 aromatic carbocycles. The number of hydrogen-bond donors (Lipinski definition) is 0. The van der Waals surface area contributed by atoms with Gasteiger partial charge in [-0.05, 0) is 30.4 Å². The molecule has 0 amide bonds. The third-order valence-corrected chi connectivity index (χ3v) is 2.40. The van der Waals surface area contributed by atoms with Gasteiger partial charge in [-0.25, -0.2) is 0 Å². The largest absolute Gasteiger partial charge is 0.260 e. The Morgan fingerprint density at radius 1 is 1.29 bits per heavy atom. The molecule has 0 aliphatic carbocycles. The first-order chi connectivity index (χ1) is 6.38. The van der Waals surface area contributed by atoms with E-state index in [4.69, 9.17) is 5.26 Å². The molecule has 0 atom stereocenters. The van der Waals surface area contributed by atoms with E-state index in [2.05, 4.69) is 31.8 Å². The lowest BCUT2D eigenvalue weighted by molar-refractivity contribution is 0.577. The highest BCUT2D eigenvalue weighted by atomic mass is 14.7. The van der Waals surface area contributed by atoms with Gasteiger partial charge in [-0.2, -0.15) is 5.26 Å². The summed E-state index contributed by atoms with van der Waals surface area (Å²) in [5.41, 5.74) is 4.01. The third-order valence-electron chi connectivity index (χ3n) is 2.40. The normalized spacial score (nSPS) is 11.1. The van der Waals surface area contributed by atoms with E-state index in [1.807, 2.05) is 13.8 Å². The number of rotatable bonds is 0. The molecule has 0 bridgehead atoms. The molecule has 0 fully saturated rings. The van der Waals surface area contributed by atoms with Gasteiger partial charge in [0.2, 0.25) is 0 Å². The molecule has 0 spiro atoms. The Bertz CT molecular complexity index is 392. The van der Waals surface area contributed by atoms with Gasteiger partial charge >= 0.3 is 0 Å². The molecule has 0 unspecified atom stereocenters. The summed E-state index contributed by atoms with van der Waals surface area (Å²) in [5, 5.41) is 8.91. The van der Waals surface area contributed by atoms with E-state index in [0.29, 0.717) is 5.56 Å². The number of aromatic nitrogens is 1. The predicted octanol–water partition coefficient (Wildman–Crippen LogP) is 2.87. The van der Waals surface area contributed by atoms with Crippen LogP contribution in [0.3, 0.4) is 0 Å². The first-order valence-electron chi connectivity index (χ1n) is 4.74. The fraction of sp³-hybridized carbons (Fsp3) is 0.500. The van der Waals surface area contributed by atoms with Crippen molar-refractivity contribution in [1.29, 1.82) is 5.26 Å². The van der Waals surface area contributed by atoms with Crippen molar-refractivity contribution < 1.29 is 0 Å². The van der Waals surface area contributed by atoms with Crippen molar-refractivity contribution in [3.8, 4) is 6.07 Å². The Kier molecular flexibility index (Phi) is 2.62. The van der Waals surface area contributed by atoms with Crippen molar-refractivity contribution >= 4 is 0 Å². The molecule has 0 radical (unpaired) electrons. The first kappa shape index (κ1) is 10.7. The second-order valence-electron chi connectivity index (χ2n) is 4.62. The minimum atomic E-state index is 0.0496. The van der Waals surface area contributed by atoms with Crippen LogP contribution in [0, 0.1) is 25.2 Å². The van der Waals surface area contributed by atoms with Crippen molar-refractivity contribution in [2.45, 2.75) is 40.0 Å². The molecule has 0 saturated carbocycles. The van der Waals surface area contributed by atoms with Gasteiger partial charge in [-0.3, -0.25) is 4.98 Å². The Morgan fingerprint density at radius 2 is 1.86 bits per heavy atom. The van der Waals surface area contributed by atoms with Gasteiger partial charge in [0.1, 0.15) is 6.07 Å². The topological polar surface area (TPSA) is 36.7 Å². The maximum absolute atomic E-state index is 8.91. The van der Waals surface area contributed by atoms with Crippen LogP contribution in [-0.2, 0) is 5.41 Å². The zero-order valence-corrected chi connectivity index (χ0v) is 9.47. The van der Waals surface area contributed by atoms with Crippen LogP contribution in [0.5, 0.6) is 0 Å². The van der Waals surface area contributed by atoms with Crippen LogP contribution in [0.4, 0.5) is 0 Å². The third kappa shape index (κ3) is 1.77. The summed E-state index contributed by atoms with van der Waals surface area (Å²) in [5.74, 6) is 0. The van der Waals surface area contributed by atoms with E-state index in [-0.39, 0.29) is 5.41 Å². The standard InChI is InChI=1S/C12H16N2/c1-8-10(6-13)7-14-9(2)11(8)12(3,4)5/h7H,1-5H3. The zero-order chi connectivity index (χ0) is 10.9. The van der Waals surface area contributed by atoms with Gasteiger partial charge in [-0.15, -0.1) is 0 Å². The summed E-state index contributed by atoms with van der Waals surface area (Å²) in [6.45, 7) is 10.4. The lowest BCUT2D eigenvalue weighted by atomic mass is 9.82. The van der Waals surface area contributed by atoms with E-state index >= 15 is 0 Å². The Balaban J connectivity index is 3.50. The smallest absolute Gasteiger partial charge is 0.101 e. The highest BCUT2D eigenvalue weighted by Crippen LogP contribution is 2.28. The SMILES string of the molecule is Cc1ncc(C#N)c(C)c1C(C)(C)C. The second kappa shape index (κ2) is 3.42. The van der Waals surface area contributed by atoms with Crippen LogP contribution < -0.4 is 0 Å². The van der Waals surface area contributed by atoms with Gasteiger partial charge in [0.15, 0.2) is 0 Å². The van der Waals surface area contributed by atoms with Gasteiger partial charge in [0.05, 0.1) is 5.56 Å². The van der Waals surface area contributed by atoms with Crippen LogP contribution in [0.25, 0.3) is 0 Å². The lowest BCUT2D eigenvalue weighted by Crippen LogP contribution is -2.16. The minimum Gasteiger partial charge on any atom is -0.260 e. The van der Waals surface area contributed by atoms with Crippen LogP contribution in [0.15, 0.2) is 6.20 Å². The minimum absolute atomic E-state index is 0.0496. The van der Waals surface area contributed by atoms with E-state index in [1.165, 1.54) is 5.56 Å². The summed E-state index contributed by atoms with van der Waals surface area (Å²) in [7, 11) is 0. The predicted molar refractivity (Wildman–Crippen MR) is 57.1 cm³/mol. The monoisotopic (exact) mass is 188 g/mol. The molecule has 1 heterocycles. The second-order valence-corrected chi connectivity index (χ2v) is 4.62. The quantitative estimate of drug-likeness (QED) is 0.627. The Labute approximate surface area is 85.6 Å². The van der Waals surface area contributed by atoms with E-state index in [9.17, 15) is 0 Å². The molecule has 0 saturated heterocycles.